The summed E-state index contributed by atoms with van der Waals surface area (Å²) >= 11 is 0. The molecule has 128 valence electrons. The van der Waals surface area contributed by atoms with Crippen molar-refractivity contribution >= 4 is 12.9 Å². The highest BCUT2D eigenvalue weighted by molar-refractivity contribution is 7.62. The average molecular weight is 344 g/mol. The van der Waals surface area contributed by atoms with Crippen LogP contribution in [0.1, 0.15) is 46.6 Å². The van der Waals surface area contributed by atoms with Gasteiger partial charge in [0.15, 0.2) is 0 Å². The summed E-state index contributed by atoms with van der Waals surface area (Å²) in [6.45, 7) is 11.2. The second-order valence-corrected chi connectivity index (χ2v) is 10.2. The van der Waals surface area contributed by atoms with Crippen molar-refractivity contribution in [1.82, 2.24) is 0 Å². The summed E-state index contributed by atoms with van der Waals surface area (Å²) in [5.41, 5.74) is 3.12. The van der Waals surface area contributed by atoms with Gasteiger partial charge in [-0.2, -0.15) is 0 Å². The molecule has 0 saturated carbocycles. The molecule has 0 radical (unpaired) electrons. The van der Waals surface area contributed by atoms with Gasteiger partial charge in [-0.25, -0.2) is 4.57 Å². The molecule has 0 bridgehead atoms. The van der Waals surface area contributed by atoms with Gasteiger partial charge in [0.25, 0.3) is 0 Å². The van der Waals surface area contributed by atoms with E-state index in [4.69, 9.17) is 4.52 Å². The molecule has 0 aromatic heterocycles. The van der Waals surface area contributed by atoms with E-state index in [1.165, 1.54) is 5.56 Å². The first-order valence-electron chi connectivity index (χ1n) is 8.27. The van der Waals surface area contributed by atoms with Gasteiger partial charge in [-0.15, -0.1) is 0 Å². The molecular formula is C20H25O3P. The third kappa shape index (κ3) is 3.16. The Bertz CT molecular complexity index is 831. The van der Waals surface area contributed by atoms with Crippen molar-refractivity contribution in [2.75, 3.05) is 0 Å². The monoisotopic (exact) mass is 344 g/mol. The Morgan fingerprint density at radius 2 is 1.67 bits per heavy atom. The third-order valence-electron chi connectivity index (χ3n) is 4.45. The van der Waals surface area contributed by atoms with Crippen molar-refractivity contribution in [2.45, 2.75) is 46.5 Å². The molecule has 0 amide bonds. The SMILES string of the molecule is CC(C)(C)CC(C)(C)c1ccc2c(c1)-c1ccccc1P(=O)(O)O2. The fourth-order valence-corrected chi connectivity index (χ4v) is 5.10. The summed E-state index contributed by atoms with van der Waals surface area (Å²) < 4.78 is 17.8. The van der Waals surface area contributed by atoms with Gasteiger partial charge in [-0.1, -0.05) is 58.9 Å². The van der Waals surface area contributed by atoms with Crippen molar-refractivity contribution in [3.63, 3.8) is 0 Å². The van der Waals surface area contributed by atoms with Gasteiger partial charge in [-0.05, 0) is 41.0 Å². The highest BCUT2D eigenvalue weighted by atomic mass is 31.2. The van der Waals surface area contributed by atoms with Gasteiger partial charge < -0.3 is 9.42 Å². The second kappa shape index (κ2) is 5.47. The minimum absolute atomic E-state index is 0.00256. The van der Waals surface area contributed by atoms with E-state index < -0.39 is 7.60 Å². The molecule has 0 saturated heterocycles. The van der Waals surface area contributed by atoms with Gasteiger partial charge in [0.2, 0.25) is 0 Å². The molecule has 0 aliphatic carbocycles. The summed E-state index contributed by atoms with van der Waals surface area (Å²) in [6.07, 6.45) is 1.04. The lowest BCUT2D eigenvalue weighted by atomic mass is 9.72. The molecule has 1 unspecified atom stereocenters. The summed E-state index contributed by atoms with van der Waals surface area (Å²) in [5.74, 6) is 0.481. The van der Waals surface area contributed by atoms with E-state index in [1.807, 2.05) is 24.3 Å². The third-order valence-corrected chi connectivity index (χ3v) is 5.90. The molecule has 0 fully saturated rings. The summed E-state index contributed by atoms with van der Waals surface area (Å²) in [7, 11) is -3.80. The first-order chi connectivity index (χ1) is 11.0. The second-order valence-electron chi connectivity index (χ2n) is 8.46. The van der Waals surface area contributed by atoms with Crippen LogP contribution >= 0.6 is 7.60 Å². The summed E-state index contributed by atoms with van der Waals surface area (Å²) in [5, 5.41) is 0.378. The van der Waals surface area contributed by atoms with Gasteiger partial charge >= 0.3 is 7.60 Å². The summed E-state index contributed by atoms with van der Waals surface area (Å²) in [4.78, 5) is 10.2. The van der Waals surface area contributed by atoms with E-state index >= 15 is 0 Å². The van der Waals surface area contributed by atoms with Crippen LogP contribution in [0.25, 0.3) is 11.1 Å². The Kier molecular flexibility index (Phi) is 3.94. The molecule has 1 atom stereocenters. The van der Waals surface area contributed by atoms with Gasteiger partial charge in [0, 0.05) is 11.1 Å². The maximum Gasteiger partial charge on any atom is 0.408 e. The Morgan fingerprint density at radius 3 is 2.33 bits per heavy atom. The maximum absolute atomic E-state index is 12.4. The molecular weight excluding hydrogens is 319 g/mol. The van der Waals surface area contributed by atoms with Crippen LogP contribution in [0.5, 0.6) is 5.75 Å². The van der Waals surface area contributed by atoms with E-state index in [2.05, 4.69) is 40.7 Å². The van der Waals surface area contributed by atoms with Crippen molar-refractivity contribution in [1.29, 1.82) is 0 Å². The fraction of sp³-hybridized carbons (Fsp3) is 0.400. The van der Waals surface area contributed by atoms with Crippen LogP contribution in [0.2, 0.25) is 0 Å². The van der Waals surface area contributed by atoms with Crippen molar-refractivity contribution < 1.29 is 14.0 Å². The molecule has 1 aliphatic rings. The molecule has 3 nitrogen and oxygen atoms in total. The van der Waals surface area contributed by atoms with E-state index in [0.29, 0.717) is 11.1 Å². The van der Waals surface area contributed by atoms with Crippen LogP contribution in [0.4, 0.5) is 0 Å². The molecule has 4 heteroatoms. The van der Waals surface area contributed by atoms with Crippen LogP contribution in [-0.4, -0.2) is 4.89 Å². The lowest BCUT2D eigenvalue weighted by Gasteiger charge is -2.34. The molecule has 2 aromatic rings. The predicted molar refractivity (Wildman–Crippen MR) is 99.1 cm³/mol. The largest absolute Gasteiger partial charge is 0.421 e. The van der Waals surface area contributed by atoms with Gasteiger partial charge in [0.05, 0.1) is 5.30 Å². The Labute approximate surface area is 144 Å². The van der Waals surface area contributed by atoms with E-state index in [9.17, 15) is 9.46 Å². The first-order valence-corrected chi connectivity index (χ1v) is 9.84. The molecule has 0 spiro atoms. The zero-order valence-corrected chi connectivity index (χ0v) is 15.9. The number of fused-ring (bicyclic) bond motifs is 3. The van der Waals surface area contributed by atoms with Crippen LogP contribution in [0.3, 0.4) is 0 Å². The topological polar surface area (TPSA) is 46.5 Å². The quantitative estimate of drug-likeness (QED) is 0.755. The van der Waals surface area contributed by atoms with E-state index in [-0.39, 0.29) is 10.8 Å². The Morgan fingerprint density at radius 1 is 1.00 bits per heavy atom. The van der Waals surface area contributed by atoms with Crippen LogP contribution in [0, 0.1) is 5.41 Å². The molecule has 1 N–H and O–H groups in total. The number of hydrogen-bond acceptors (Lipinski definition) is 2. The van der Waals surface area contributed by atoms with Crippen LogP contribution in [-0.2, 0) is 9.98 Å². The molecule has 1 aliphatic heterocycles. The fourth-order valence-electron chi connectivity index (χ4n) is 3.80. The maximum atomic E-state index is 12.4. The zero-order valence-electron chi connectivity index (χ0n) is 15.0. The predicted octanol–water partition coefficient (Wildman–Crippen LogP) is 5.27. The molecule has 1 heterocycles. The number of rotatable bonds is 2. The molecule has 24 heavy (non-hydrogen) atoms. The van der Waals surface area contributed by atoms with Crippen LogP contribution in [0.15, 0.2) is 42.5 Å². The van der Waals surface area contributed by atoms with Crippen molar-refractivity contribution in [2.24, 2.45) is 5.41 Å². The average Bonchev–Trinajstić information content (AvgIpc) is 2.44. The summed E-state index contributed by atoms with van der Waals surface area (Å²) in [6, 6.07) is 13.2. The lowest BCUT2D eigenvalue weighted by Crippen LogP contribution is -2.25. The smallest absolute Gasteiger partial charge is 0.408 e. The van der Waals surface area contributed by atoms with E-state index in [1.54, 1.807) is 12.1 Å². The first kappa shape index (κ1) is 17.3. The van der Waals surface area contributed by atoms with Crippen LogP contribution < -0.4 is 9.83 Å². The highest BCUT2D eigenvalue weighted by Gasteiger charge is 2.35. The standard InChI is InChI=1S/C20H25O3P/c1-19(2,3)13-20(4,5)14-10-11-17-16(12-14)15-8-6-7-9-18(15)24(21,22)23-17/h6-12H,13H2,1-5H3,(H,21,22). The number of benzene rings is 2. The Balaban J connectivity index is 2.12. The van der Waals surface area contributed by atoms with Gasteiger partial charge in [-0.3, -0.25) is 0 Å². The normalized spacial score (nSPS) is 20.1. The Hall–Kier alpha value is -1.57. The van der Waals surface area contributed by atoms with Gasteiger partial charge in [0.1, 0.15) is 5.75 Å². The number of hydrogen-bond donors (Lipinski definition) is 1. The highest BCUT2D eigenvalue weighted by Crippen LogP contribution is 2.52. The van der Waals surface area contributed by atoms with Crippen molar-refractivity contribution in [3.8, 4) is 16.9 Å². The minimum atomic E-state index is -3.80. The molecule has 2 aromatic carbocycles. The van der Waals surface area contributed by atoms with E-state index in [0.717, 1.165) is 17.5 Å². The minimum Gasteiger partial charge on any atom is -0.421 e. The zero-order chi connectivity index (χ0) is 17.8. The molecule has 3 rings (SSSR count). The lowest BCUT2D eigenvalue weighted by molar-refractivity contribution is 0.284. The van der Waals surface area contributed by atoms with Crippen molar-refractivity contribution in [3.05, 3.63) is 48.0 Å².